The van der Waals surface area contributed by atoms with E-state index in [1.54, 1.807) is 0 Å². The van der Waals surface area contributed by atoms with Crippen molar-refractivity contribution >= 4 is 11.1 Å². The fraction of sp³-hybridized carbons (Fsp3) is 0.696. The molecule has 1 saturated carbocycles. The van der Waals surface area contributed by atoms with Crippen LogP contribution in [0, 0.1) is 11.6 Å². The van der Waals surface area contributed by atoms with Gasteiger partial charge in [0.25, 0.3) is 0 Å². The predicted octanol–water partition coefficient (Wildman–Crippen LogP) is 5.27. The first-order valence-corrected chi connectivity index (χ1v) is 11.3. The van der Waals surface area contributed by atoms with E-state index in [0.29, 0.717) is 11.6 Å². The number of ether oxygens (including phenoxy) is 1. The molecule has 2 aromatic rings. The summed E-state index contributed by atoms with van der Waals surface area (Å²) in [6.07, 6.45) is 6.35. The zero-order valence-corrected chi connectivity index (χ0v) is 18.5. The molecule has 0 spiro atoms. The minimum absolute atomic E-state index is 0.0572. The van der Waals surface area contributed by atoms with E-state index in [1.807, 2.05) is 20.8 Å². The molecule has 1 aliphatic heterocycles. The summed E-state index contributed by atoms with van der Waals surface area (Å²) in [5.74, 6) is -2.50. The number of benzene rings is 1. The van der Waals surface area contributed by atoms with Crippen LogP contribution in [0.3, 0.4) is 0 Å². The van der Waals surface area contributed by atoms with Crippen molar-refractivity contribution in [1.82, 2.24) is 9.47 Å². The Morgan fingerprint density at radius 3 is 2.30 bits per heavy atom. The van der Waals surface area contributed by atoms with E-state index in [2.05, 4.69) is 11.8 Å². The first-order valence-electron chi connectivity index (χ1n) is 11.3. The molecule has 0 atom stereocenters. The summed E-state index contributed by atoms with van der Waals surface area (Å²) >= 11 is 0. The average Bonchev–Trinajstić information content (AvgIpc) is 3.06. The van der Waals surface area contributed by atoms with Crippen LogP contribution in [0.4, 0.5) is 8.78 Å². The van der Waals surface area contributed by atoms with Gasteiger partial charge in [0.1, 0.15) is 0 Å². The van der Waals surface area contributed by atoms with Crippen molar-refractivity contribution in [3.8, 4) is 0 Å². The summed E-state index contributed by atoms with van der Waals surface area (Å²) < 4.78 is 39.6. The smallest absolute Gasteiger partial charge is 0.408 e. The number of halogens is 2. The van der Waals surface area contributed by atoms with Crippen molar-refractivity contribution in [2.24, 2.45) is 0 Å². The highest BCUT2D eigenvalue weighted by molar-refractivity contribution is 5.73. The van der Waals surface area contributed by atoms with Gasteiger partial charge in [-0.25, -0.2) is 13.6 Å². The molecule has 1 aliphatic carbocycles. The van der Waals surface area contributed by atoms with Gasteiger partial charge in [-0.15, -0.1) is 0 Å². The standard InChI is InChI=1S/C21H28F2N2O3.C2H6/c1-3-27-15-4-8-21(2,9-5-15)24-10-6-14(7-11-24)25-18-12-16(22)17(23)13-19(18)28-20(25)26;1-2/h12-15H,3-11H2,1-2H3;1-2H3. The molecule has 30 heavy (non-hydrogen) atoms. The Kier molecular flexibility index (Phi) is 7.34. The second kappa shape index (κ2) is 9.60. The summed E-state index contributed by atoms with van der Waals surface area (Å²) in [6, 6.07) is 1.96. The van der Waals surface area contributed by atoms with Gasteiger partial charge >= 0.3 is 5.76 Å². The number of aromatic nitrogens is 1. The molecule has 1 aromatic carbocycles. The lowest BCUT2D eigenvalue weighted by Crippen LogP contribution is -2.52. The van der Waals surface area contributed by atoms with Crippen LogP contribution >= 0.6 is 0 Å². The predicted molar refractivity (Wildman–Crippen MR) is 114 cm³/mol. The van der Waals surface area contributed by atoms with E-state index in [0.717, 1.165) is 70.4 Å². The number of oxazole rings is 1. The molecule has 2 aliphatic rings. The fourth-order valence-electron chi connectivity index (χ4n) is 4.97. The zero-order chi connectivity index (χ0) is 21.9. The van der Waals surface area contributed by atoms with Crippen molar-refractivity contribution in [3.05, 3.63) is 34.3 Å². The summed E-state index contributed by atoms with van der Waals surface area (Å²) in [7, 11) is 0. The molecular formula is C23H34F2N2O3. The van der Waals surface area contributed by atoms with Crippen LogP contribution in [0.1, 0.15) is 72.3 Å². The van der Waals surface area contributed by atoms with Crippen molar-refractivity contribution in [2.75, 3.05) is 19.7 Å². The van der Waals surface area contributed by atoms with E-state index in [-0.39, 0.29) is 17.2 Å². The average molecular weight is 425 g/mol. The lowest BCUT2D eigenvalue weighted by atomic mass is 9.79. The van der Waals surface area contributed by atoms with Crippen LogP contribution in [0.5, 0.6) is 0 Å². The Bertz CT molecular complexity index is 892. The summed E-state index contributed by atoms with van der Waals surface area (Å²) in [5, 5.41) is 0. The third-order valence-corrected chi connectivity index (χ3v) is 6.66. The summed E-state index contributed by atoms with van der Waals surface area (Å²) in [4.78, 5) is 14.9. The van der Waals surface area contributed by atoms with Gasteiger partial charge in [-0.05, 0) is 52.4 Å². The zero-order valence-electron chi connectivity index (χ0n) is 18.5. The van der Waals surface area contributed by atoms with E-state index >= 15 is 0 Å². The highest BCUT2D eigenvalue weighted by Gasteiger charge is 2.38. The molecule has 1 saturated heterocycles. The molecule has 2 fully saturated rings. The van der Waals surface area contributed by atoms with Crippen LogP contribution in [-0.4, -0.2) is 40.8 Å². The minimum atomic E-state index is -1.00. The Morgan fingerprint density at radius 2 is 1.70 bits per heavy atom. The largest absolute Gasteiger partial charge is 0.420 e. The van der Waals surface area contributed by atoms with Crippen LogP contribution in [0.15, 0.2) is 21.3 Å². The first kappa shape index (κ1) is 22.9. The van der Waals surface area contributed by atoms with Crippen molar-refractivity contribution in [2.45, 2.75) is 83.9 Å². The highest BCUT2D eigenvalue weighted by atomic mass is 19.2. The molecule has 4 rings (SSSR count). The van der Waals surface area contributed by atoms with E-state index < -0.39 is 17.4 Å². The highest BCUT2D eigenvalue weighted by Crippen LogP contribution is 2.38. The van der Waals surface area contributed by atoms with Gasteiger partial charge in [-0.1, -0.05) is 13.8 Å². The Balaban J connectivity index is 0.00000124. The maximum absolute atomic E-state index is 13.7. The molecule has 1 aromatic heterocycles. The minimum Gasteiger partial charge on any atom is -0.408 e. The maximum Gasteiger partial charge on any atom is 0.420 e. The van der Waals surface area contributed by atoms with Gasteiger partial charge in [0, 0.05) is 43.4 Å². The number of hydrogen-bond acceptors (Lipinski definition) is 4. The topological polar surface area (TPSA) is 47.6 Å². The van der Waals surface area contributed by atoms with Crippen molar-refractivity contribution in [1.29, 1.82) is 0 Å². The number of hydrogen-bond donors (Lipinski definition) is 0. The van der Waals surface area contributed by atoms with E-state index in [1.165, 1.54) is 4.57 Å². The molecule has 7 heteroatoms. The number of fused-ring (bicyclic) bond motifs is 1. The molecule has 0 unspecified atom stereocenters. The van der Waals surface area contributed by atoms with Gasteiger partial charge in [0.15, 0.2) is 17.2 Å². The molecule has 0 radical (unpaired) electrons. The summed E-state index contributed by atoms with van der Waals surface area (Å²) in [6.45, 7) is 10.9. The molecule has 168 valence electrons. The van der Waals surface area contributed by atoms with Gasteiger partial charge in [-0.2, -0.15) is 0 Å². The van der Waals surface area contributed by atoms with Crippen LogP contribution < -0.4 is 5.76 Å². The molecule has 0 N–H and O–H groups in total. The monoisotopic (exact) mass is 424 g/mol. The number of piperidine rings is 1. The summed E-state index contributed by atoms with van der Waals surface area (Å²) in [5.41, 5.74) is 0.607. The van der Waals surface area contributed by atoms with Crippen LogP contribution in [-0.2, 0) is 4.74 Å². The SMILES string of the molecule is CC.CCOC1CCC(C)(N2CCC(n3c(=O)oc4cc(F)c(F)cc43)CC2)CC1. The third kappa shape index (κ3) is 4.47. The molecule has 5 nitrogen and oxygen atoms in total. The maximum atomic E-state index is 13.7. The quantitative estimate of drug-likeness (QED) is 0.671. The molecule has 0 amide bonds. The molecule has 0 bridgehead atoms. The Labute approximate surface area is 177 Å². The Morgan fingerprint density at radius 1 is 1.10 bits per heavy atom. The fourth-order valence-corrected chi connectivity index (χ4v) is 4.97. The first-order chi connectivity index (χ1) is 14.4. The van der Waals surface area contributed by atoms with E-state index in [4.69, 9.17) is 9.15 Å². The second-order valence-electron chi connectivity index (χ2n) is 8.34. The van der Waals surface area contributed by atoms with Gasteiger partial charge in [0.2, 0.25) is 0 Å². The van der Waals surface area contributed by atoms with Gasteiger partial charge in [-0.3, -0.25) is 9.47 Å². The van der Waals surface area contributed by atoms with Gasteiger partial charge < -0.3 is 9.15 Å². The lowest BCUT2D eigenvalue weighted by Gasteiger charge is -2.48. The lowest BCUT2D eigenvalue weighted by molar-refractivity contribution is -0.0274. The van der Waals surface area contributed by atoms with Crippen molar-refractivity contribution < 1.29 is 17.9 Å². The number of rotatable bonds is 4. The second-order valence-corrected chi connectivity index (χ2v) is 8.34. The molecular weight excluding hydrogens is 390 g/mol. The third-order valence-electron chi connectivity index (χ3n) is 6.66. The normalized spacial score (nSPS) is 25.9. The number of likely N-dealkylation sites (tertiary alicyclic amines) is 1. The van der Waals surface area contributed by atoms with Crippen molar-refractivity contribution in [3.63, 3.8) is 0 Å². The van der Waals surface area contributed by atoms with Crippen LogP contribution in [0.2, 0.25) is 0 Å². The number of nitrogens with zero attached hydrogens (tertiary/aromatic N) is 2. The van der Waals surface area contributed by atoms with E-state index in [9.17, 15) is 13.6 Å². The molecule has 2 heterocycles. The van der Waals surface area contributed by atoms with Gasteiger partial charge in [0.05, 0.1) is 11.6 Å². The Hall–Kier alpha value is -1.73. The van der Waals surface area contributed by atoms with Crippen LogP contribution in [0.25, 0.3) is 11.1 Å².